The zero-order valence-corrected chi connectivity index (χ0v) is 44.8. The van der Waals surface area contributed by atoms with Crippen LogP contribution in [0, 0.1) is 0 Å². The van der Waals surface area contributed by atoms with Gasteiger partial charge in [-0.15, -0.1) is 0 Å². The van der Waals surface area contributed by atoms with Gasteiger partial charge >= 0.3 is 25.7 Å². The molecule has 400 valence electrons. The third-order valence-corrected chi connectivity index (χ3v) is 12.0. The summed E-state index contributed by atoms with van der Waals surface area (Å²) in [7, 11) is -4.76. The van der Waals surface area contributed by atoms with Gasteiger partial charge in [-0.05, 0) is 96.3 Å². The van der Waals surface area contributed by atoms with Crippen molar-refractivity contribution in [3.8, 4) is 0 Å². The van der Waals surface area contributed by atoms with E-state index in [9.17, 15) is 28.9 Å². The molecule has 0 bridgehead atoms. The highest BCUT2D eigenvalue weighted by Gasteiger charge is 2.28. The number of rotatable bonds is 49. The number of carbonyl (C=O) groups excluding carboxylic acids is 3. The minimum atomic E-state index is -4.76. The van der Waals surface area contributed by atoms with E-state index in [1.54, 1.807) is 0 Å². The van der Waals surface area contributed by atoms with Crippen LogP contribution in [0.3, 0.4) is 0 Å². The molecule has 0 spiro atoms. The van der Waals surface area contributed by atoms with Gasteiger partial charge in [-0.2, -0.15) is 0 Å². The molecule has 0 amide bonds. The van der Waals surface area contributed by atoms with Gasteiger partial charge in [-0.3, -0.25) is 23.4 Å². The quantitative estimate of drug-likeness (QED) is 0.0197. The van der Waals surface area contributed by atoms with Crippen molar-refractivity contribution in [2.75, 3.05) is 26.4 Å². The van der Waals surface area contributed by atoms with Gasteiger partial charge in [-0.25, -0.2) is 4.57 Å². The Balaban J connectivity index is 4.80. The number of phosphoric acid groups is 1. The number of allylic oxidation sites excluding steroid dienone is 16. The van der Waals surface area contributed by atoms with Gasteiger partial charge < -0.3 is 24.2 Å². The molecule has 0 aliphatic rings. The van der Waals surface area contributed by atoms with Crippen molar-refractivity contribution >= 4 is 25.7 Å². The summed E-state index contributed by atoms with van der Waals surface area (Å²) in [5.74, 6) is -1.54. The van der Waals surface area contributed by atoms with Crippen LogP contribution in [0.4, 0.5) is 0 Å². The van der Waals surface area contributed by atoms with E-state index < -0.39 is 57.8 Å². The monoisotopic (exact) mass is 1000 g/mol. The van der Waals surface area contributed by atoms with Gasteiger partial charge in [0.25, 0.3) is 0 Å². The Hall–Kier alpha value is -3.60. The summed E-state index contributed by atoms with van der Waals surface area (Å²) in [5.41, 5.74) is 0. The predicted molar refractivity (Wildman–Crippen MR) is 288 cm³/mol. The Kier molecular flexibility index (Phi) is 49.1. The normalized spacial score (nSPS) is 14.2. The van der Waals surface area contributed by atoms with Crippen LogP contribution in [0.1, 0.15) is 213 Å². The fraction of sp³-hybridized carbons (Fsp3) is 0.672. The van der Waals surface area contributed by atoms with Crippen molar-refractivity contribution in [1.29, 1.82) is 0 Å². The van der Waals surface area contributed by atoms with Crippen LogP contribution < -0.4 is 0 Å². The van der Waals surface area contributed by atoms with Crippen LogP contribution >= 0.6 is 7.82 Å². The first-order valence-electron chi connectivity index (χ1n) is 27.1. The van der Waals surface area contributed by atoms with E-state index in [4.69, 9.17) is 23.3 Å². The largest absolute Gasteiger partial charge is 0.472 e. The Morgan fingerprint density at radius 2 is 0.743 bits per heavy atom. The molecular formula is C58H97O11P. The van der Waals surface area contributed by atoms with Crippen molar-refractivity contribution in [3.05, 3.63) is 97.2 Å². The number of aliphatic hydroxyl groups excluding tert-OH is 1. The summed E-state index contributed by atoms with van der Waals surface area (Å²) in [6.45, 7) is 4.32. The molecule has 70 heavy (non-hydrogen) atoms. The Labute approximate surface area is 425 Å². The molecule has 0 heterocycles. The number of ether oxygens (including phenoxy) is 3. The van der Waals surface area contributed by atoms with E-state index in [0.717, 1.165) is 109 Å². The number of carbonyl (C=O) groups is 3. The van der Waals surface area contributed by atoms with E-state index >= 15 is 0 Å². The lowest BCUT2D eigenvalue weighted by molar-refractivity contribution is -0.161. The summed E-state index contributed by atoms with van der Waals surface area (Å²) >= 11 is 0. The smallest absolute Gasteiger partial charge is 0.462 e. The van der Waals surface area contributed by atoms with Crippen molar-refractivity contribution in [2.24, 2.45) is 0 Å². The van der Waals surface area contributed by atoms with Crippen LogP contribution in [-0.2, 0) is 42.2 Å². The second kappa shape index (κ2) is 51.7. The third-order valence-electron chi connectivity index (χ3n) is 11.0. The zero-order valence-electron chi connectivity index (χ0n) is 43.9. The van der Waals surface area contributed by atoms with Crippen LogP contribution in [-0.4, -0.2) is 66.5 Å². The molecular weight excluding hydrogens is 904 g/mol. The summed E-state index contributed by atoms with van der Waals surface area (Å²) in [6, 6.07) is 0. The van der Waals surface area contributed by atoms with Crippen molar-refractivity contribution in [3.63, 3.8) is 0 Å². The molecule has 0 aromatic carbocycles. The van der Waals surface area contributed by atoms with E-state index in [0.29, 0.717) is 19.3 Å². The maximum absolute atomic E-state index is 12.9. The van der Waals surface area contributed by atoms with Gasteiger partial charge in [0.15, 0.2) is 6.10 Å². The van der Waals surface area contributed by atoms with Gasteiger partial charge in [0.1, 0.15) is 12.7 Å². The number of hydrogen-bond donors (Lipinski definition) is 2. The lowest BCUT2D eigenvalue weighted by Gasteiger charge is -2.21. The summed E-state index contributed by atoms with van der Waals surface area (Å²) in [6.07, 6.45) is 59.5. The van der Waals surface area contributed by atoms with Crippen molar-refractivity contribution in [2.45, 2.75) is 226 Å². The average molecular weight is 1000 g/mol. The van der Waals surface area contributed by atoms with Gasteiger partial charge in [-0.1, -0.05) is 195 Å². The number of unbranched alkanes of at least 4 members (excludes halogenated alkanes) is 16. The first-order valence-corrected chi connectivity index (χ1v) is 28.6. The standard InChI is InChI=1S/C58H97O11P/c1-4-7-10-13-16-19-22-24-26-27-29-31-34-37-40-43-46-49-58(62)69-55(51-65-56(60)47-44-41-38-35-32-21-18-15-12-9-6-3)53-67-70(63,64)66-52-54(50-59)68-57(61)48-45-42-39-36-33-30-28-25-23-20-17-14-11-8-5-2/h7-8,10-11,16-17,19-20,24-26,28-29,31,33,36,54-55,59H,4-6,9,12-15,18,21-23,27,30,32,34-35,37-53H2,1-3H3,(H,63,64)/b10-7-,11-8-,19-16-,20-17-,26-24-,28-25-,31-29-,36-33-. The van der Waals surface area contributed by atoms with Crippen LogP contribution in [0.15, 0.2) is 97.2 Å². The molecule has 0 aromatic heterocycles. The average Bonchev–Trinajstić information content (AvgIpc) is 3.35. The van der Waals surface area contributed by atoms with E-state index in [1.807, 2.05) is 0 Å². The fourth-order valence-corrected chi connectivity index (χ4v) is 7.71. The first kappa shape index (κ1) is 66.4. The number of phosphoric ester groups is 1. The summed E-state index contributed by atoms with van der Waals surface area (Å²) in [5, 5.41) is 9.78. The Morgan fingerprint density at radius 3 is 1.17 bits per heavy atom. The van der Waals surface area contributed by atoms with E-state index in [1.165, 1.54) is 44.9 Å². The molecule has 0 saturated carbocycles. The zero-order chi connectivity index (χ0) is 51.3. The highest BCUT2D eigenvalue weighted by molar-refractivity contribution is 7.47. The maximum atomic E-state index is 12.9. The second-order valence-corrected chi connectivity index (χ2v) is 19.1. The summed E-state index contributed by atoms with van der Waals surface area (Å²) < 4.78 is 39.3. The molecule has 0 aliphatic carbocycles. The highest BCUT2D eigenvalue weighted by Crippen LogP contribution is 2.43. The molecule has 3 atom stereocenters. The van der Waals surface area contributed by atoms with Gasteiger partial charge in [0.05, 0.1) is 19.8 Å². The Morgan fingerprint density at radius 1 is 0.414 bits per heavy atom. The van der Waals surface area contributed by atoms with Crippen molar-refractivity contribution in [1.82, 2.24) is 0 Å². The third kappa shape index (κ3) is 49.4. The number of hydrogen-bond acceptors (Lipinski definition) is 10. The Bertz CT molecular complexity index is 1540. The molecule has 12 heteroatoms. The molecule has 0 saturated heterocycles. The molecule has 0 fully saturated rings. The topological polar surface area (TPSA) is 155 Å². The fourth-order valence-electron chi connectivity index (χ4n) is 6.93. The highest BCUT2D eigenvalue weighted by atomic mass is 31.2. The SMILES string of the molecule is CC/C=C\C/C=C\C/C=C\C/C=C\CCCCCCC(=O)OC(COC(=O)CCCCCCCCCCCCC)COP(=O)(O)OCC(CO)OC(=O)CCCC/C=C\C/C=C\C/C=C\C/C=C\CC. The second-order valence-electron chi connectivity index (χ2n) is 17.6. The lowest BCUT2D eigenvalue weighted by Crippen LogP contribution is -2.30. The first-order chi connectivity index (χ1) is 34.2. The molecule has 0 aliphatic heterocycles. The maximum Gasteiger partial charge on any atom is 0.472 e. The minimum absolute atomic E-state index is 0.119. The molecule has 0 radical (unpaired) electrons. The molecule has 0 rings (SSSR count). The van der Waals surface area contributed by atoms with Crippen LogP contribution in [0.25, 0.3) is 0 Å². The van der Waals surface area contributed by atoms with Gasteiger partial charge in [0.2, 0.25) is 0 Å². The predicted octanol–water partition coefficient (Wildman–Crippen LogP) is 15.7. The van der Waals surface area contributed by atoms with Gasteiger partial charge in [0, 0.05) is 19.3 Å². The number of esters is 3. The molecule has 0 aromatic rings. The van der Waals surface area contributed by atoms with E-state index in [-0.39, 0.29) is 25.9 Å². The van der Waals surface area contributed by atoms with Crippen molar-refractivity contribution < 1.29 is 52.2 Å². The molecule has 11 nitrogen and oxygen atoms in total. The van der Waals surface area contributed by atoms with Crippen LogP contribution in [0.2, 0.25) is 0 Å². The molecule has 3 unspecified atom stereocenters. The lowest BCUT2D eigenvalue weighted by atomic mass is 10.1. The van der Waals surface area contributed by atoms with E-state index in [2.05, 4.69) is 118 Å². The number of aliphatic hydroxyl groups is 1. The minimum Gasteiger partial charge on any atom is -0.462 e. The van der Waals surface area contributed by atoms with Crippen LogP contribution in [0.5, 0.6) is 0 Å². The molecule has 2 N–H and O–H groups in total. The summed E-state index contributed by atoms with van der Waals surface area (Å²) in [4.78, 5) is 48.4.